The molecule has 0 bridgehead atoms. The van der Waals surface area contributed by atoms with Crippen LogP contribution in [0.15, 0.2) is 33.7 Å². The average Bonchev–Trinajstić information content (AvgIpc) is 3.08. The number of aromatic nitrogens is 2. The van der Waals surface area contributed by atoms with Gasteiger partial charge in [-0.3, -0.25) is 0 Å². The number of nitrogens with two attached hydrogens (primary N) is 1. The van der Waals surface area contributed by atoms with Crippen molar-refractivity contribution < 1.29 is 4.52 Å². The Hall–Kier alpha value is -0.750. The van der Waals surface area contributed by atoms with Crippen LogP contribution in [-0.2, 0) is 11.3 Å². The number of benzene rings is 1. The number of hydrogen-bond acceptors (Lipinski definition) is 5. The summed E-state index contributed by atoms with van der Waals surface area (Å²) in [5, 5.41) is 4.79. The lowest BCUT2D eigenvalue weighted by atomic mass is 9.99. The molecule has 0 spiro atoms. The number of hydrogen-bond donors (Lipinski definition) is 1. The molecule has 1 fully saturated rings. The van der Waals surface area contributed by atoms with Crippen LogP contribution in [0.2, 0.25) is 5.02 Å². The Bertz CT molecular complexity index is 599. The minimum atomic E-state index is -0.392. The van der Waals surface area contributed by atoms with Crippen molar-refractivity contribution >= 4 is 35.8 Å². The van der Waals surface area contributed by atoms with E-state index in [-0.39, 0.29) is 12.4 Å². The van der Waals surface area contributed by atoms with Crippen LogP contribution in [0.5, 0.6) is 0 Å². The van der Waals surface area contributed by atoms with Gasteiger partial charge in [-0.2, -0.15) is 4.98 Å². The predicted octanol–water partition coefficient (Wildman–Crippen LogP) is 4.17. The van der Waals surface area contributed by atoms with Gasteiger partial charge in [0.15, 0.2) is 5.82 Å². The molecule has 0 amide bonds. The van der Waals surface area contributed by atoms with Crippen LogP contribution in [0.3, 0.4) is 0 Å². The van der Waals surface area contributed by atoms with Crippen LogP contribution in [-0.4, -0.2) is 10.1 Å². The van der Waals surface area contributed by atoms with Crippen molar-refractivity contribution in [3.8, 4) is 0 Å². The molecular formula is C14H17Cl2N3OS. The monoisotopic (exact) mass is 345 g/mol. The third-order valence-corrected chi connectivity index (χ3v) is 5.10. The molecule has 21 heavy (non-hydrogen) atoms. The Kier molecular flexibility index (Phi) is 5.54. The fourth-order valence-corrected chi connectivity index (χ4v) is 3.52. The molecule has 1 aromatic carbocycles. The Balaban J connectivity index is 0.00000161. The van der Waals surface area contributed by atoms with Gasteiger partial charge < -0.3 is 10.3 Å². The predicted molar refractivity (Wildman–Crippen MR) is 86.9 cm³/mol. The zero-order valence-corrected chi connectivity index (χ0v) is 13.8. The van der Waals surface area contributed by atoms with Gasteiger partial charge in [0.2, 0.25) is 5.89 Å². The van der Waals surface area contributed by atoms with Crippen LogP contribution < -0.4 is 5.73 Å². The molecule has 3 rings (SSSR count). The van der Waals surface area contributed by atoms with E-state index >= 15 is 0 Å². The van der Waals surface area contributed by atoms with E-state index in [9.17, 15) is 0 Å². The Morgan fingerprint density at radius 1 is 1.29 bits per heavy atom. The zero-order chi connectivity index (χ0) is 14.0. The van der Waals surface area contributed by atoms with Gasteiger partial charge in [-0.05, 0) is 25.0 Å². The fraction of sp³-hybridized carbons (Fsp3) is 0.429. The van der Waals surface area contributed by atoms with Gasteiger partial charge in [0, 0.05) is 4.90 Å². The topological polar surface area (TPSA) is 64.9 Å². The van der Waals surface area contributed by atoms with Gasteiger partial charge >= 0.3 is 0 Å². The van der Waals surface area contributed by atoms with E-state index in [0.717, 1.165) is 35.6 Å². The molecule has 2 aromatic rings. The van der Waals surface area contributed by atoms with Crippen LogP contribution in [0.25, 0.3) is 0 Å². The summed E-state index contributed by atoms with van der Waals surface area (Å²) < 4.78 is 5.30. The minimum absolute atomic E-state index is 0. The van der Waals surface area contributed by atoms with Crippen molar-refractivity contribution in [2.75, 3.05) is 0 Å². The van der Waals surface area contributed by atoms with Crippen molar-refractivity contribution in [3.63, 3.8) is 0 Å². The van der Waals surface area contributed by atoms with E-state index < -0.39 is 5.54 Å². The molecule has 1 aliphatic carbocycles. The lowest BCUT2D eigenvalue weighted by Crippen LogP contribution is -2.34. The van der Waals surface area contributed by atoms with Crippen LogP contribution >= 0.6 is 35.8 Å². The smallest absolute Gasteiger partial charge is 0.237 e. The highest BCUT2D eigenvalue weighted by Crippen LogP contribution is 2.35. The molecule has 7 heteroatoms. The van der Waals surface area contributed by atoms with Crippen LogP contribution in [0, 0.1) is 0 Å². The van der Waals surface area contributed by atoms with Gasteiger partial charge in [-0.1, -0.05) is 41.7 Å². The minimum Gasteiger partial charge on any atom is -0.338 e. The standard InChI is InChI=1S/C14H16ClN3OS.ClH/c15-10-5-1-2-6-11(10)20-9-12-17-13(18-19-12)14(16)7-3-4-8-14;/h1-2,5-6H,3-4,7-9,16H2;1H. The summed E-state index contributed by atoms with van der Waals surface area (Å²) in [6.07, 6.45) is 4.14. The summed E-state index contributed by atoms with van der Waals surface area (Å²) in [6, 6.07) is 7.72. The van der Waals surface area contributed by atoms with Gasteiger partial charge in [0.25, 0.3) is 0 Å². The van der Waals surface area contributed by atoms with Crippen molar-refractivity contribution in [3.05, 3.63) is 41.0 Å². The Morgan fingerprint density at radius 2 is 2.00 bits per heavy atom. The SMILES string of the molecule is Cl.NC1(c2noc(CSc3ccccc3Cl)n2)CCCC1. The van der Waals surface area contributed by atoms with Crippen molar-refractivity contribution in [2.24, 2.45) is 5.73 Å². The second-order valence-corrected chi connectivity index (χ2v) is 6.52. The first kappa shape index (κ1) is 16.6. The molecule has 0 saturated heterocycles. The molecule has 2 N–H and O–H groups in total. The highest BCUT2D eigenvalue weighted by molar-refractivity contribution is 7.98. The maximum absolute atomic E-state index is 6.31. The van der Waals surface area contributed by atoms with E-state index in [1.54, 1.807) is 11.8 Å². The first-order valence-electron chi connectivity index (χ1n) is 6.67. The number of nitrogens with zero attached hydrogens (tertiary/aromatic N) is 2. The number of thioether (sulfide) groups is 1. The third kappa shape index (κ3) is 3.72. The van der Waals surface area contributed by atoms with E-state index in [1.165, 1.54) is 0 Å². The quantitative estimate of drug-likeness (QED) is 0.842. The molecule has 1 aliphatic rings. The summed E-state index contributed by atoms with van der Waals surface area (Å²) >= 11 is 7.70. The first-order chi connectivity index (χ1) is 9.67. The van der Waals surface area contributed by atoms with Crippen molar-refractivity contribution in [1.82, 2.24) is 10.1 Å². The molecule has 1 saturated carbocycles. The molecule has 0 aliphatic heterocycles. The fourth-order valence-electron chi connectivity index (χ4n) is 2.45. The highest BCUT2D eigenvalue weighted by atomic mass is 35.5. The lowest BCUT2D eigenvalue weighted by Gasteiger charge is -2.17. The normalized spacial score (nSPS) is 16.7. The van der Waals surface area contributed by atoms with E-state index in [4.69, 9.17) is 21.9 Å². The maximum atomic E-state index is 6.31. The van der Waals surface area contributed by atoms with Crippen LogP contribution in [0.4, 0.5) is 0 Å². The molecule has 1 aromatic heterocycles. The van der Waals surface area contributed by atoms with E-state index in [2.05, 4.69) is 10.1 Å². The zero-order valence-electron chi connectivity index (χ0n) is 11.4. The molecule has 0 unspecified atom stereocenters. The molecule has 0 atom stereocenters. The molecule has 1 heterocycles. The first-order valence-corrected chi connectivity index (χ1v) is 8.03. The van der Waals surface area contributed by atoms with E-state index in [0.29, 0.717) is 17.5 Å². The van der Waals surface area contributed by atoms with Crippen LogP contribution in [0.1, 0.15) is 37.4 Å². The molecule has 0 radical (unpaired) electrons. The van der Waals surface area contributed by atoms with Gasteiger partial charge in [-0.25, -0.2) is 0 Å². The largest absolute Gasteiger partial charge is 0.338 e. The van der Waals surface area contributed by atoms with Crippen molar-refractivity contribution in [2.45, 2.75) is 41.9 Å². The highest BCUT2D eigenvalue weighted by Gasteiger charge is 2.35. The van der Waals surface area contributed by atoms with Gasteiger partial charge in [-0.15, -0.1) is 24.2 Å². The Morgan fingerprint density at radius 3 is 2.71 bits per heavy atom. The summed E-state index contributed by atoms with van der Waals surface area (Å²) in [4.78, 5) is 5.45. The molecule has 4 nitrogen and oxygen atoms in total. The number of halogens is 2. The summed E-state index contributed by atoms with van der Waals surface area (Å²) in [5.41, 5.74) is 5.92. The summed E-state index contributed by atoms with van der Waals surface area (Å²) in [6.45, 7) is 0. The second-order valence-electron chi connectivity index (χ2n) is 5.09. The Labute approximate surface area is 139 Å². The lowest BCUT2D eigenvalue weighted by molar-refractivity contribution is 0.355. The second kappa shape index (κ2) is 7.01. The maximum Gasteiger partial charge on any atom is 0.237 e. The van der Waals surface area contributed by atoms with Crippen molar-refractivity contribution in [1.29, 1.82) is 0 Å². The third-order valence-electron chi connectivity index (χ3n) is 3.60. The van der Waals surface area contributed by atoms with Gasteiger partial charge in [0.1, 0.15) is 0 Å². The molecule has 114 valence electrons. The summed E-state index contributed by atoms with van der Waals surface area (Å²) in [5.74, 6) is 1.85. The molecular weight excluding hydrogens is 329 g/mol. The van der Waals surface area contributed by atoms with E-state index in [1.807, 2.05) is 24.3 Å². The summed E-state index contributed by atoms with van der Waals surface area (Å²) in [7, 11) is 0. The van der Waals surface area contributed by atoms with Gasteiger partial charge in [0.05, 0.1) is 16.3 Å². The average molecular weight is 346 g/mol. The number of rotatable bonds is 4.